The standard InChI is InChI=1S/C18H27BrN2O2/c1-3-13(2)16(20)17(22)21-12-18(8-10-23-11-9-18)14-4-6-15(19)7-5-14/h4-7,13,16H,3,8-12,20H2,1-2H3,(H,21,22). The normalized spacial score (nSPS) is 19.8. The van der Waals surface area contributed by atoms with Gasteiger partial charge in [-0.1, -0.05) is 48.3 Å². The van der Waals surface area contributed by atoms with E-state index in [9.17, 15) is 4.79 Å². The van der Waals surface area contributed by atoms with Crippen molar-refractivity contribution < 1.29 is 9.53 Å². The highest BCUT2D eigenvalue weighted by molar-refractivity contribution is 9.10. The molecule has 0 aromatic heterocycles. The van der Waals surface area contributed by atoms with Crippen molar-refractivity contribution in [2.75, 3.05) is 19.8 Å². The molecule has 128 valence electrons. The third-order valence-corrected chi connectivity index (χ3v) is 5.60. The highest BCUT2D eigenvalue weighted by Crippen LogP contribution is 2.35. The van der Waals surface area contributed by atoms with E-state index in [4.69, 9.17) is 10.5 Å². The summed E-state index contributed by atoms with van der Waals surface area (Å²) in [5.74, 6) is 0.135. The maximum absolute atomic E-state index is 12.3. The Morgan fingerprint density at radius 3 is 2.52 bits per heavy atom. The van der Waals surface area contributed by atoms with Gasteiger partial charge in [0.15, 0.2) is 0 Å². The highest BCUT2D eigenvalue weighted by Gasteiger charge is 2.35. The van der Waals surface area contributed by atoms with Crippen molar-refractivity contribution in [3.63, 3.8) is 0 Å². The van der Waals surface area contributed by atoms with Crippen LogP contribution in [0.2, 0.25) is 0 Å². The molecule has 1 aliphatic heterocycles. The van der Waals surface area contributed by atoms with Crippen LogP contribution < -0.4 is 11.1 Å². The van der Waals surface area contributed by atoms with Gasteiger partial charge in [0, 0.05) is 29.6 Å². The predicted molar refractivity (Wildman–Crippen MR) is 96.3 cm³/mol. The molecule has 1 heterocycles. The third kappa shape index (κ3) is 4.55. The molecule has 3 N–H and O–H groups in total. The van der Waals surface area contributed by atoms with Gasteiger partial charge in [0.1, 0.15) is 0 Å². The summed E-state index contributed by atoms with van der Waals surface area (Å²) in [5.41, 5.74) is 7.23. The molecule has 0 radical (unpaired) electrons. The molecule has 1 saturated heterocycles. The van der Waals surface area contributed by atoms with Crippen molar-refractivity contribution in [1.29, 1.82) is 0 Å². The first-order chi connectivity index (χ1) is 11.0. The molecule has 2 unspecified atom stereocenters. The Morgan fingerprint density at radius 2 is 1.96 bits per heavy atom. The number of nitrogens with one attached hydrogen (secondary N) is 1. The maximum Gasteiger partial charge on any atom is 0.237 e. The van der Waals surface area contributed by atoms with Gasteiger partial charge in [-0.2, -0.15) is 0 Å². The first kappa shape index (κ1) is 18.4. The summed E-state index contributed by atoms with van der Waals surface area (Å²) in [7, 11) is 0. The first-order valence-electron chi connectivity index (χ1n) is 8.35. The van der Waals surface area contributed by atoms with Gasteiger partial charge in [0.05, 0.1) is 6.04 Å². The lowest BCUT2D eigenvalue weighted by Gasteiger charge is -2.38. The van der Waals surface area contributed by atoms with Crippen LogP contribution in [0.5, 0.6) is 0 Å². The first-order valence-corrected chi connectivity index (χ1v) is 9.15. The van der Waals surface area contributed by atoms with Gasteiger partial charge >= 0.3 is 0 Å². The molecular weight excluding hydrogens is 356 g/mol. The highest BCUT2D eigenvalue weighted by atomic mass is 79.9. The molecule has 2 rings (SSSR count). The van der Waals surface area contributed by atoms with Crippen molar-refractivity contribution in [3.8, 4) is 0 Å². The number of hydrogen-bond acceptors (Lipinski definition) is 3. The molecule has 0 bridgehead atoms. The molecule has 5 heteroatoms. The molecular formula is C18H27BrN2O2. The summed E-state index contributed by atoms with van der Waals surface area (Å²) in [6.45, 7) is 6.14. The topological polar surface area (TPSA) is 64.4 Å². The van der Waals surface area contributed by atoms with E-state index < -0.39 is 6.04 Å². The van der Waals surface area contributed by atoms with Crippen LogP contribution in [0.1, 0.15) is 38.7 Å². The number of ether oxygens (including phenoxy) is 1. The molecule has 1 fully saturated rings. The average molecular weight is 383 g/mol. The van der Waals surface area contributed by atoms with Crippen LogP contribution in [0.3, 0.4) is 0 Å². The molecule has 0 saturated carbocycles. The van der Waals surface area contributed by atoms with E-state index in [0.717, 1.165) is 36.9 Å². The lowest BCUT2D eigenvalue weighted by molar-refractivity contribution is -0.123. The van der Waals surface area contributed by atoms with Crippen LogP contribution in [-0.4, -0.2) is 31.7 Å². The summed E-state index contributed by atoms with van der Waals surface area (Å²) in [6, 6.07) is 7.94. The van der Waals surface area contributed by atoms with E-state index in [-0.39, 0.29) is 17.2 Å². The number of benzene rings is 1. The fraction of sp³-hybridized carbons (Fsp3) is 0.611. The number of hydrogen-bond donors (Lipinski definition) is 2. The van der Waals surface area contributed by atoms with Crippen LogP contribution >= 0.6 is 15.9 Å². The number of rotatable bonds is 6. The second-order valence-corrected chi connectivity index (χ2v) is 7.44. The van der Waals surface area contributed by atoms with Crippen LogP contribution in [0.4, 0.5) is 0 Å². The molecule has 0 spiro atoms. The fourth-order valence-electron chi connectivity index (χ4n) is 3.02. The fourth-order valence-corrected chi connectivity index (χ4v) is 3.28. The minimum absolute atomic E-state index is 0.0534. The summed E-state index contributed by atoms with van der Waals surface area (Å²) in [4.78, 5) is 12.3. The van der Waals surface area contributed by atoms with Gasteiger partial charge < -0.3 is 15.8 Å². The Kier molecular flexibility index (Phi) is 6.62. The average Bonchev–Trinajstić information content (AvgIpc) is 2.59. The van der Waals surface area contributed by atoms with Crippen molar-refractivity contribution >= 4 is 21.8 Å². The molecule has 4 nitrogen and oxygen atoms in total. The third-order valence-electron chi connectivity index (χ3n) is 5.07. The van der Waals surface area contributed by atoms with Crippen LogP contribution in [-0.2, 0) is 14.9 Å². The van der Waals surface area contributed by atoms with E-state index >= 15 is 0 Å². The Labute approximate surface area is 147 Å². The van der Waals surface area contributed by atoms with E-state index in [1.54, 1.807) is 0 Å². The second kappa shape index (κ2) is 8.27. The zero-order chi connectivity index (χ0) is 16.9. The van der Waals surface area contributed by atoms with Crippen LogP contribution in [0.25, 0.3) is 0 Å². The zero-order valence-corrected chi connectivity index (χ0v) is 15.6. The summed E-state index contributed by atoms with van der Waals surface area (Å²) >= 11 is 3.48. The minimum Gasteiger partial charge on any atom is -0.381 e. The SMILES string of the molecule is CCC(C)C(N)C(=O)NCC1(c2ccc(Br)cc2)CCOCC1. The van der Waals surface area contributed by atoms with Crippen molar-refractivity contribution in [3.05, 3.63) is 34.3 Å². The van der Waals surface area contributed by atoms with Crippen molar-refractivity contribution in [1.82, 2.24) is 5.32 Å². The number of carbonyl (C=O) groups excluding carboxylic acids is 1. The smallest absolute Gasteiger partial charge is 0.237 e. The number of amides is 1. The molecule has 23 heavy (non-hydrogen) atoms. The lowest BCUT2D eigenvalue weighted by atomic mass is 9.74. The monoisotopic (exact) mass is 382 g/mol. The molecule has 0 aliphatic carbocycles. The van der Waals surface area contributed by atoms with Gasteiger partial charge in [0.25, 0.3) is 0 Å². The Hall–Kier alpha value is -0.910. The second-order valence-electron chi connectivity index (χ2n) is 6.53. The minimum atomic E-state index is -0.443. The quantitative estimate of drug-likeness (QED) is 0.794. The summed E-state index contributed by atoms with van der Waals surface area (Å²) in [6.07, 6.45) is 2.72. The summed E-state index contributed by atoms with van der Waals surface area (Å²) < 4.78 is 6.59. The van der Waals surface area contributed by atoms with Gasteiger partial charge in [-0.05, 0) is 36.5 Å². The summed E-state index contributed by atoms with van der Waals surface area (Å²) in [5, 5.41) is 3.09. The van der Waals surface area contributed by atoms with E-state index in [1.807, 2.05) is 6.92 Å². The van der Waals surface area contributed by atoms with E-state index in [1.165, 1.54) is 5.56 Å². The van der Waals surface area contributed by atoms with Crippen LogP contribution in [0.15, 0.2) is 28.7 Å². The molecule has 2 atom stereocenters. The van der Waals surface area contributed by atoms with Gasteiger partial charge in [-0.3, -0.25) is 4.79 Å². The van der Waals surface area contributed by atoms with Crippen LogP contribution in [0, 0.1) is 5.92 Å². The van der Waals surface area contributed by atoms with Crippen molar-refractivity contribution in [2.45, 2.75) is 44.6 Å². The molecule has 1 aliphatic rings. The number of carbonyl (C=O) groups is 1. The largest absolute Gasteiger partial charge is 0.381 e. The Bertz CT molecular complexity index is 512. The molecule has 1 aromatic carbocycles. The molecule has 1 amide bonds. The van der Waals surface area contributed by atoms with Gasteiger partial charge in [-0.15, -0.1) is 0 Å². The Morgan fingerprint density at radius 1 is 1.35 bits per heavy atom. The van der Waals surface area contributed by atoms with Crippen molar-refractivity contribution in [2.24, 2.45) is 11.7 Å². The zero-order valence-electron chi connectivity index (χ0n) is 14.0. The Balaban J connectivity index is 2.10. The van der Waals surface area contributed by atoms with E-state index in [0.29, 0.717) is 6.54 Å². The number of halogens is 1. The van der Waals surface area contributed by atoms with Gasteiger partial charge in [-0.25, -0.2) is 0 Å². The predicted octanol–water partition coefficient (Wildman–Crippen LogP) is 2.99. The lowest BCUT2D eigenvalue weighted by Crippen LogP contribution is -2.50. The number of nitrogens with two attached hydrogens (primary N) is 1. The molecule has 1 aromatic rings. The van der Waals surface area contributed by atoms with E-state index in [2.05, 4.69) is 52.4 Å². The maximum atomic E-state index is 12.3. The van der Waals surface area contributed by atoms with Gasteiger partial charge in [0.2, 0.25) is 5.91 Å².